The summed E-state index contributed by atoms with van der Waals surface area (Å²) in [6.07, 6.45) is 1.52. The van der Waals surface area contributed by atoms with E-state index >= 15 is 4.39 Å². The number of piperazine rings is 1. The van der Waals surface area contributed by atoms with E-state index in [0.717, 1.165) is 13.1 Å². The van der Waals surface area contributed by atoms with E-state index in [1.165, 1.54) is 12.3 Å². The summed E-state index contributed by atoms with van der Waals surface area (Å²) in [6.45, 7) is 7.10. The molecule has 4 rings (SSSR count). The Balaban J connectivity index is 1.95. The van der Waals surface area contributed by atoms with Crippen LogP contribution in [0.5, 0.6) is 5.75 Å². The number of hydrogen-bond acceptors (Lipinski definition) is 6. The molecule has 1 aromatic carbocycles. The third-order valence-electron chi connectivity index (χ3n) is 5.46. The Bertz CT molecular complexity index is 995. The van der Waals surface area contributed by atoms with Gasteiger partial charge < -0.3 is 23.8 Å². The molecular weight excluding hydrogens is 365 g/mol. The molecule has 8 heteroatoms. The number of carbonyl (C=O) groups is 1. The highest BCUT2D eigenvalue weighted by Gasteiger charge is 2.31. The first-order valence-electron chi connectivity index (χ1n) is 9.57. The molecule has 0 amide bonds. The van der Waals surface area contributed by atoms with Gasteiger partial charge in [-0.3, -0.25) is 4.79 Å². The van der Waals surface area contributed by atoms with Crippen molar-refractivity contribution in [1.82, 2.24) is 9.47 Å². The minimum absolute atomic E-state index is 0.0826. The molecule has 2 aromatic rings. The molecule has 28 heavy (non-hydrogen) atoms. The van der Waals surface area contributed by atoms with Crippen LogP contribution in [0.2, 0.25) is 0 Å². The molecule has 3 heterocycles. The third kappa shape index (κ3) is 2.92. The first-order chi connectivity index (χ1) is 13.4. The van der Waals surface area contributed by atoms with Crippen molar-refractivity contribution in [2.45, 2.75) is 19.9 Å². The predicted molar refractivity (Wildman–Crippen MR) is 104 cm³/mol. The molecule has 0 bridgehead atoms. The van der Waals surface area contributed by atoms with Crippen molar-refractivity contribution in [3.8, 4) is 5.75 Å². The minimum Gasteiger partial charge on any atom is -0.487 e. The second kappa shape index (κ2) is 7.09. The molecule has 150 valence electrons. The topological polar surface area (TPSA) is 64.0 Å². The lowest BCUT2D eigenvalue weighted by Crippen LogP contribution is -2.45. The van der Waals surface area contributed by atoms with Gasteiger partial charge in [-0.25, -0.2) is 9.18 Å². The summed E-state index contributed by atoms with van der Waals surface area (Å²) in [6, 6.07) is 1.13. The first kappa shape index (κ1) is 18.7. The number of pyridine rings is 1. The van der Waals surface area contributed by atoms with Gasteiger partial charge in [-0.1, -0.05) is 0 Å². The summed E-state index contributed by atoms with van der Waals surface area (Å²) in [5.41, 5.74) is 0.310. The minimum atomic E-state index is -0.693. The molecule has 2 aliphatic rings. The van der Waals surface area contributed by atoms with Crippen LogP contribution in [0.15, 0.2) is 17.1 Å². The Morgan fingerprint density at radius 1 is 1.32 bits per heavy atom. The zero-order chi connectivity index (χ0) is 20.0. The van der Waals surface area contributed by atoms with Crippen molar-refractivity contribution >= 4 is 22.6 Å². The summed E-state index contributed by atoms with van der Waals surface area (Å²) >= 11 is 0. The van der Waals surface area contributed by atoms with Crippen LogP contribution in [0.25, 0.3) is 10.9 Å². The van der Waals surface area contributed by atoms with Gasteiger partial charge in [-0.05, 0) is 27.0 Å². The number of anilines is 1. The highest BCUT2D eigenvalue weighted by Crippen LogP contribution is 2.42. The molecule has 0 N–H and O–H groups in total. The molecule has 0 aliphatic carbocycles. The van der Waals surface area contributed by atoms with E-state index in [2.05, 4.69) is 4.90 Å². The van der Waals surface area contributed by atoms with Crippen LogP contribution >= 0.6 is 0 Å². The van der Waals surface area contributed by atoms with E-state index in [9.17, 15) is 9.59 Å². The van der Waals surface area contributed by atoms with Crippen LogP contribution in [-0.4, -0.2) is 61.9 Å². The van der Waals surface area contributed by atoms with Crippen LogP contribution in [0.1, 0.15) is 30.2 Å². The largest absolute Gasteiger partial charge is 0.487 e. The number of nitrogens with zero attached hydrogens (tertiary/aromatic N) is 3. The summed E-state index contributed by atoms with van der Waals surface area (Å²) < 4.78 is 27.9. The smallest absolute Gasteiger partial charge is 0.343 e. The van der Waals surface area contributed by atoms with Crippen LogP contribution in [0.3, 0.4) is 0 Å². The number of esters is 1. The lowest BCUT2D eigenvalue weighted by molar-refractivity contribution is 0.0523. The lowest BCUT2D eigenvalue weighted by Gasteiger charge is -2.37. The molecule has 1 saturated heterocycles. The molecule has 0 unspecified atom stereocenters. The van der Waals surface area contributed by atoms with Gasteiger partial charge in [-0.15, -0.1) is 0 Å². The molecule has 2 aliphatic heterocycles. The van der Waals surface area contributed by atoms with Gasteiger partial charge in [-0.2, -0.15) is 0 Å². The van der Waals surface area contributed by atoms with E-state index in [4.69, 9.17) is 9.47 Å². The molecule has 1 atom stereocenters. The van der Waals surface area contributed by atoms with Crippen molar-refractivity contribution in [1.29, 1.82) is 0 Å². The van der Waals surface area contributed by atoms with Gasteiger partial charge in [0.15, 0.2) is 11.6 Å². The summed E-state index contributed by atoms with van der Waals surface area (Å²) in [5.74, 6) is -0.821. The zero-order valence-electron chi connectivity index (χ0n) is 16.3. The fraction of sp³-hybridized carbons (Fsp3) is 0.500. The van der Waals surface area contributed by atoms with E-state index in [1.54, 1.807) is 6.92 Å². The van der Waals surface area contributed by atoms with Gasteiger partial charge >= 0.3 is 5.97 Å². The van der Waals surface area contributed by atoms with Gasteiger partial charge in [0.25, 0.3) is 0 Å². The fourth-order valence-electron chi connectivity index (χ4n) is 3.89. The third-order valence-corrected chi connectivity index (χ3v) is 5.46. The van der Waals surface area contributed by atoms with Crippen molar-refractivity contribution in [2.75, 3.05) is 51.3 Å². The highest BCUT2D eigenvalue weighted by molar-refractivity contribution is 5.98. The molecule has 0 spiro atoms. The van der Waals surface area contributed by atoms with Gasteiger partial charge in [0.2, 0.25) is 5.43 Å². The molecule has 1 fully saturated rings. The maximum atomic E-state index is 15.2. The number of benzene rings is 1. The Morgan fingerprint density at radius 3 is 2.71 bits per heavy atom. The van der Waals surface area contributed by atoms with Crippen LogP contribution in [0.4, 0.5) is 10.1 Å². The average molecular weight is 389 g/mol. The average Bonchev–Trinajstić information content (AvgIpc) is 2.67. The number of halogens is 1. The number of carbonyl (C=O) groups excluding carboxylic acids is 1. The molecule has 0 saturated carbocycles. The number of ether oxygens (including phenoxy) is 2. The monoisotopic (exact) mass is 389 g/mol. The normalized spacial score (nSPS) is 19.6. The second-order valence-electron chi connectivity index (χ2n) is 7.38. The van der Waals surface area contributed by atoms with Crippen molar-refractivity contribution in [2.24, 2.45) is 0 Å². The molecule has 1 aromatic heterocycles. The summed E-state index contributed by atoms with van der Waals surface area (Å²) in [5, 5.41) is 0.141. The highest BCUT2D eigenvalue weighted by atomic mass is 19.1. The second-order valence-corrected chi connectivity index (χ2v) is 7.38. The summed E-state index contributed by atoms with van der Waals surface area (Å²) in [4.78, 5) is 29.3. The number of aromatic nitrogens is 1. The maximum absolute atomic E-state index is 15.2. The number of hydrogen-bond donors (Lipinski definition) is 0. The number of rotatable bonds is 3. The molecule has 0 radical (unpaired) electrons. The first-order valence-corrected chi connectivity index (χ1v) is 9.57. The SMILES string of the molecule is CCOC(=O)c1cn2c3c(c(N4CCN(C)CC4)c(F)cc3c1=O)OC[C@@H]2C. The van der Waals surface area contributed by atoms with E-state index in [0.29, 0.717) is 36.6 Å². The predicted octanol–water partition coefficient (Wildman–Crippen LogP) is 2.02. The maximum Gasteiger partial charge on any atom is 0.343 e. The quantitative estimate of drug-likeness (QED) is 0.749. The van der Waals surface area contributed by atoms with Crippen molar-refractivity contribution < 1.29 is 18.7 Å². The van der Waals surface area contributed by atoms with Gasteiger partial charge in [0, 0.05) is 32.4 Å². The van der Waals surface area contributed by atoms with Crippen LogP contribution in [0, 0.1) is 5.82 Å². The summed E-state index contributed by atoms with van der Waals surface area (Å²) in [7, 11) is 2.03. The van der Waals surface area contributed by atoms with E-state index in [1.807, 2.05) is 23.4 Å². The Morgan fingerprint density at radius 2 is 2.04 bits per heavy atom. The Hall–Kier alpha value is -2.61. The van der Waals surface area contributed by atoms with E-state index in [-0.39, 0.29) is 23.6 Å². The van der Waals surface area contributed by atoms with Crippen LogP contribution in [-0.2, 0) is 4.74 Å². The Kier molecular flexibility index (Phi) is 4.74. The van der Waals surface area contributed by atoms with E-state index < -0.39 is 17.2 Å². The van der Waals surface area contributed by atoms with Crippen LogP contribution < -0.4 is 15.1 Å². The fourth-order valence-corrected chi connectivity index (χ4v) is 3.89. The standard InChI is InChI=1S/C20H24FN3O4/c1-4-27-20(26)14-10-24-12(2)11-28-19-16(24)13(18(14)25)9-15(21)17(19)23-7-5-22(3)6-8-23/h9-10,12H,4-8,11H2,1-3H3/t12-/m0/s1. The van der Waals surface area contributed by atoms with Crippen molar-refractivity contribution in [3.05, 3.63) is 33.9 Å². The zero-order valence-corrected chi connectivity index (χ0v) is 16.3. The van der Waals surface area contributed by atoms with Crippen molar-refractivity contribution in [3.63, 3.8) is 0 Å². The number of likely N-dealkylation sites (N-methyl/N-ethyl adjacent to an activating group) is 1. The molecular formula is C20H24FN3O4. The van der Waals surface area contributed by atoms with Gasteiger partial charge in [0.1, 0.15) is 17.9 Å². The lowest BCUT2D eigenvalue weighted by atomic mass is 10.1. The Labute approximate surface area is 162 Å². The molecule has 7 nitrogen and oxygen atoms in total. The van der Waals surface area contributed by atoms with Gasteiger partial charge in [0.05, 0.1) is 23.6 Å².